The first-order valence-corrected chi connectivity index (χ1v) is 10.4. The average molecular weight is 378 g/mol. The number of hydrogen-bond donors (Lipinski definition) is 0. The zero-order chi connectivity index (χ0) is 22.5. The van der Waals surface area contributed by atoms with Crippen LogP contribution >= 0.6 is 11.3 Å². The second-order valence-electron chi connectivity index (χ2n) is 7.24. The number of nitrogens with zero attached hydrogens (tertiary/aromatic N) is 2. The highest BCUT2D eigenvalue weighted by Gasteiger charge is 2.16. The molecule has 5 rings (SSSR count). The van der Waals surface area contributed by atoms with Crippen molar-refractivity contribution < 1.29 is 6.85 Å². The van der Waals surface area contributed by atoms with E-state index >= 15 is 0 Å². The number of hydrogen-bond acceptors (Lipinski definition) is 3. The van der Waals surface area contributed by atoms with Crippen LogP contribution in [0.3, 0.4) is 0 Å². The van der Waals surface area contributed by atoms with Crippen molar-refractivity contribution >= 4 is 31.6 Å². The summed E-state index contributed by atoms with van der Waals surface area (Å²) in [6.45, 7) is -2.24. The third-order valence-electron chi connectivity index (χ3n) is 5.38. The van der Waals surface area contributed by atoms with Crippen molar-refractivity contribution in [1.29, 1.82) is 0 Å². The van der Waals surface area contributed by atoms with Gasteiger partial charge in [-0.2, -0.15) is 0 Å². The lowest BCUT2D eigenvalue weighted by atomic mass is 9.85. The Morgan fingerprint density at radius 2 is 2.04 bits per heavy atom. The Labute approximate surface area is 171 Å². The Bertz CT molecular complexity index is 1290. The molecule has 27 heavy (non-hydrogen) atoms. The van der Waals surface area contributed by atoms with Crippen molar-refractivity contribution in [2.45, 2.75) is 45.3 Å². The first kappa shape index (κ1) is 12.2. The first-order valence-electron chi connectivity index (χ1n) is 12.0. The minimum atomic E-state index is -2.24. The quantitative estimate of drug-likeness (QED) is 0.386. The highest BCUT2D eigenvalue weighted by molar-refractivity contribution is 7.26. The second kappa shape index (κ2) is 7.05. The molecule has 0 bridgehead atoms. The summed E-state index contributed by atoms with van der Waals surface area (Å²) in [5.41, 5.74) is 2.42. The summed E-state index contributed by atoms with van der Waals surface area (Å²) < 4.78 is 41.6. The molecule has 0 radical (unpaired) electrons. The molecule has 0 spiro atoms. The summed E-state index contributed by atoms with van der Waals surface area (Å²) >= 11 is 1.46. The molecule has 136 valence electrons. The molecule has 0 N–H and O–H groups in total. The summed E-state index contributed by atoms with van der Waals surface area (Å²) in [5.74, 6) is 0.0362. The molecular formula is C24H24N2S. The second-order valence-corrected chi connectivity index (χ2v) is 8.24. The van der Waals surface area contributed by atoms with Gasteiger partial charge in [0.2, 0.25) is 0 Å². The molecule has 0 aliphatic heterocycles. The van der Waals surface area contributed by atoms with Crippen molar-refractivity contribution in [3.05, 3.63) is 59.9 Å². The Morgan fingerprint density at radius 3 is 2.93 bits per heavy atom. The van der Waals surface area contributed by atoms with E-state index in [1.54, 1.807) is 18.3 Å². The Balaban J connectivity index is 1.61. The van der Waals surface area contributed by atoms with Crippen LogP contribution in [0.1, 0.15) is 50.2 Å². The first-order chi connectivity index (χ1) is 15.2. The van der Waals surface area contributed by atoms with E-state index in [9.17, 15) is 0 Å². The van der Waals surface area contributed by atoms with E-state index in [1.165, 1.54) is 17.8 Å². The van der Waals surface area contributed by atoms with Gasteiger partial charge in [0.15, 0.2) is 0 Å². The fourth-order valence-electron chi connectivity index (χ4n) is 4.03. The van der Waals surface area contributed by atoms with Gasteiger partial charge >= 0.3 is 0 Å². The third kappa shape index (κ3) is 3.25. The predicted molar refractivity (Wildman–Crippen MR) is 115 cm³/mol. The Morgan fingerprint density at radius 1 is 1.11 bits per heavy atom. The van der Waals surface area contributed by atoms with Gasteiger partial charge in [0.25, 0.3) is 0 Å². The number of aryl methyl sites for hydroxylation is 1. The average Bonchev–Trinajstić information content (AvgIpc) is 3.17. The molecule has 1 fully saturated rings. The zero-order valence-electron chi connectivity index (χ0n) is 20.0. The molecule has 1 saturated carbocycles. The Kier molecular flexibility index (Phi) is 3.20. The standard InChI is InChI=1S/C24H24N2S/c1-16-10-11-20-19-8-5-9-21(23(19)27-24(20)26-16)22-15-18(12-13-25-22)14-17-6-3-2-4-7-17/h5,8-13,15,17H,2-4,6-7,14H2,1H3/i1D3,14D2. The van der Waals surface area contributed by atoms with E-state index in [0.717, 1.165) is 52.4 Å². The monoisotopic (exact) mass is 377 g/mol. The molecule has 3 heteroatoms. The topological polar surface area (TPSA) is 25.8 Å². The van der Waals surface area contributed by atoms with Crippen molar-refractivity contribution in [3.8, 4) is 11.3 Å². The van der Waals surface area contributed by atoms with Gasteiger partial charge in [0.05, 0.1) is 5.69 Å². The zero-order valence-corrected chi connectivity index (χ0v) is 15.9. The van der Waals surface area contributed by atoms with Gasteiger partial charge in [-0.3, -0.25) is 4.98 Å². The molecule has 4 aromatic rings. The molecule has 3 heterocycles. The normalized spacial score (nSPS) is 19.3. The van der Waals surface area contributed by atoms with Gasteiger partial charge in [-0.25, -0.2) is 4.98 Å². The molecule has 0 atom stereocenters. The maximum Gasteiger partial charge on any atom is 0.124 e. The van der Waals surface area contributed by atoms with Crippen LogP contribution in [0.5, 0.6) is 0 Å². The van der Waals surface area contributed by atoms with Gasteiger partial charge < -0.3 is 0 Å². The minimum absolute atomic E-state index is 0.0362. The van der Waals surface area contributed by atoms with E-state index < -0.39 is 13.2 Å². The maximum atomic E-state index is 8.83. The summed E-state index contributed by atoms with van der Waals surface area (Å²) in [4.78, 5) is 9.68. The molecule has 0 saturated heterocycles. The van der Waals surface area contributed by atoms with Crippen LogP contribution in [0.25, 0.3) is 31.6 Å². The van der Waals surface area contributed by atoms with E-state index in [2.05, 4.69) is 9.97 Å². The Hall–Kier alpha value is -2.26. The van der Waals surface area contributed by atoms with Crippen molar-refractivity contribution in [3.63, 3.8) is 0 Å². The summed E-state index contributed by atoms with van der Waals surface area (Å²) in [7, 11) is 0. The molecule has 0 unspecified atom stereocenters. The molecule has 1 aliphatic rings. The minimum Gasteiger partial charge on any atom is -0.256 e. The fraction of sp³-hybridized carbons (Fsp3) is 0.333. The molecule has 1 aliphatic carbocycles. The lowest BCUT2D eigenvalue weighted by molar-refractivity contribution is 0.356. The number of aromatic nitrogens is 2. The number of rotatable bonds is 3. The van der Waals surface area contributed by atoms with Crippen LogP contribution < -0.4 is 0 Å². The lowest BCUT2D eigenvalue weighted by Gasteiger charge is -2.21. The van der Waals surface area contributed by atoms with Gasteiger partial charge in [-0.1, -0.05) is 50.3 Å². The van der Waals surface area contributed by atoms with Crippen LogP contribution in [-0.2, 0) is 6.37 Å². The SMILES string of the molecule is [2H]C([2H])([2H])c1ccc2c(n1)sc1c(-c3cc(C([2H])([2H])C4CCCCC4)ccn3)cccc12. The lowest BCUT2D eigenvalue weighted by Crippen LogP contribution is -2.09. The fourth-order valence-corrected chi connectivity index (χ4v) is 5.23. The summed E-state index contributed by atoms with van der Waals surface area (Å²) in [5, 5.41) is 1.93. The highest BCUT2D eigenvalue weighted by Crippen LogP contribution is 2.39. The van der Waals surface area contributed by atoms with E-state index in [-0.39, 0.29) is 11.6 Å². The summed E-state index contributed by atoms with van der Waals surface area (Å²) in [6.07, 6.45) is 5.54. The van der Waals surface area contributed by atoms with Crippen LogP contribution in [-0.4, -0.2) is 9.97 Å². The van der Waals surface area contributed by atoms with Crippen LogP contribution in [0.4, 0.5) is 0 Å². The number of benzene rings is 1. The van der Waals surface area contributed by atoms with Crippen LogP contribution in [0, 0.1) is 12.8 Å². The van der Waals surface area contributed by atoms with E-state index in [4.69, 9.17) is 6.85 Å². The van der Waals surface area contributed by atoms with Crippen molar-refractivity contribution in [2.75, 3.05) is 0 Å². The third-order valence-corrected chi connectivity index (χ3v) is 6.52. The van der Waals surface area contributed by atoms with Gasteiger partial charge in [-0.05, 0) is 49.0 Å². The van der Waals surface area contributed by atoms with Crippen LogP contribution in [0.15, 0.2) is 48.7 Å². The van der Waals surface area contributed by atoms with E-state index in [1.807, 2.05) is 30.3 Å². The maximum absolute atomic E-state index is 8.83. The summed E-state index contributed by atoms with van der Waals surface area (Å²) in [6, 6.07) is 13.1. The molecule has 2 nitrogen and oxygen atoms in total. The molecular weight excluding hydrogens is 348 g/mol. The van der Waals surface area contributed by atoms with E-state index in [0.29, 0.717) is 10.4 Å². The molecule has 3 aromatic heterocycles. The van der Waals surface area contributed by atoms with Crippen LogP contribution in [0.2, 0.25) is 0 Å². The van der Waals surface area contributed by atoms with Gasteiger partial charge in [-0.15, -0.1) is 11.3 Å². The number of pyridine rings is 2. The van der Waals surface area contributed by atoms with Crippen molar-refractivity contribution in [1.82, 2.24) is 9.97 Å². The number of fused-ring (bicyclic) bond motifs is 3. The van der Waals surface area contributed by atoms with Crippen molar-refractivity contribution in [2.24, 2.45) is 5.92 Å². The van der Waals surface area contributed by atoms with Gasteiger partial charge in [0.1, 0.15) is 4.83 Å². The number of thiophene rings is 1. The molecule has 1 aromatic carbocycles. The predicted octanol–water partition coefficient (Wildman–Crippen LogP) is 6.94. The van der Waals surface area contributed by atoms with Gasteiger partial charge in [0, 0.05) is 39.8 Å². The highest BCUT2D eigenvalue weighted by atomic mass is 32.1. The molecule has 0 amide bonds. The smallest absolute Gasteiger partial charge is 0.124 e. The largest absolute Gasteiger partial charge is 0.256 e.